The SMILES string of the molecule is Cn1ccc(NCc2ccc(OC(F)(F)F)c(Br)c2)n1. The van der Waals surface area contributed by atoms with Gasteiger partial charge in [0, 0.05) is 25.9 Å². The van der Waals surface area contributed by atoms with Gasteiger partial charge in [-0.25, -0.2) is 0 Å². The predicted molar refractivity (Wildman–Crippen MR) is 71.4 cm³/mol. The molecule has 1 aromatic carbocycles. The van der Waals surface area contributed by atoms with Crippen LogP contribution in [0.5, 0.6) is 5.75 Å². The van der Waals surface area contributed by atoms with Crippen molar-refractivity contribution in [2.75, 3.05) is 5.32 Å². The van der Waals surface area contributed by atoms with E-state index in [0.29, 0.717) is 12.4 Å². The Kier molecular flexibility index (Phi) is 4.22. The van der Waals surface area contributed by atoms with E-state index in [2.05, 4.69) is 31.1 Å². The first-order chi connectivity index (χ1) is 9.33. The maximum absolute atomic E-state index is 12.1. The number of aryl methyl sites for hydroxylation is 1. The van der Waals surface area contributed by atoms with Crippen LogP contribution < -0.4 is 10.1 Å². The van der Waals surface area contributed by atoms with Crippen molar-refractivity contribution in [3.05, 3.63) is 40.5 Å². The van der Waals surface area contributed by atoms with Crippen molar-refractivity contribution in [1.29, 1.82) is 0 Å². The third-order valence-corrected chi connectivity index (χ3v) is 3.03. The molecule has 0 spiro atoms. The number of benzene rings is 1. The van der Waals surface area contributed by atoms with Crippen molar-refractivity contribution >= 4 is 21.7 Å². The lowest BCUT2D eigenvalue weighted by molar-refractivity contribution is -0.274. The topological polar surface area (TPSA) is 39.1 Å². The smallest absolute Gasteiger partial charge is 0.405 e. The molecule has 1 N–H and O–H groups in total. The van der Waals surface area contributed by atoms with Gasteiger partial charge in [-0.3, -0.25) is 4.68 Å². The number of nitrogens with one attached hydrogen (secondary N) is 1. The van der Waals surface area contributed by atoms with Gasteiger partial charge in [0.15, 0.2) is 0 Å². The highest BCUT2D eigenvalue weighted by atomic mass is 79.9. The Morgan fingerprint density at radius 1 is 1.35 bits per heavy atom. The van der Waals surface area contributed by atoms with Gasteiger partial charge in [0.1, 0.15) is 11.6 Å². The highest BCUT2D eigenvalue weighted by Gasteiger charge is 2.31. The third kappa shape index (κ3) is 4.16. The Hall–Kier alpha value is -1.70. The third-order valence-electron chi connectivity index (χ3n) is 2.41. The number of anilines is 1. The minimum Gasteiger partial charge on any atom is -0.405 e. The fraction of sp³-hybridized carbons (Fsp3) is 0.250. The van der Waals surface area contributed by atoms with Crippen LogP contribution >= 0.6 is 15.9 Å². The second-order valence-electron chi connectivity index (χ2n) is 4.04. The average molecular weight is 350 g/mol. The average Bonchev–Trinajstić information content (AvgIpc) is 2.74. The number of hydrogen-bond acceptors (Lipinski definition) is 3. The summed E-state index contributed by atoms with van der Waals surface area (Å²) in [7, 11) is 1.80. The summed E-state index contributed by atoms with van der Waals surface area (Å²) in [5.74, 6) is 0.429. The molecule has 8 heteroatoms. The normalized spacial score (nSPS) is 11.4. The monoisotopic (exact) mass is 349 g/mol. The second kappa shape index (κ2) is 5.74. The van der Waals surface area contributed by atoms with Crippen LogP contribution in [0.4, 0.5) is 19.0 Å². The molecule has 0 fully saturated rings. The first-order valence-corrected chi connectivity index (χ1v) is 6.40. The predicted octanol–water partition coefficient (Wildman–Crippen LogP) is 3.69. The highest BCUT2D eigenvalue weighted by Crippen LogP contribution is 2.31. The lowest BCUT2D eigenvalue weighted by atomic mass is 10.2. The van der Waals surface area contributed by atoms with Gasteiger partial charge in [-0.05, 0) is 33.6 Å². The molecule has 0 saturated heterocycles. The van der Waals surface area contributed by atoms with Crippen molar-refractivity contribution in [3.8, 4) is 5.75 Å². The molecule has 2 rings (SSSR count). The molecule has 1 aromatic heterocycles. The molecular weight excluding hydrogens is 339 g/mol. The van der Waals surface area contributed by atoms with Crippen molar-refractivity contribution in [1.82, 2.24) is 9.78 Å². The quantitative estimate of drug-likeness (QED) is 0.914. The standard InChI is InChI=1S/C12H11BrF3N3O/c1-19-5-4-11(18-19)17-7-8-2-3-10(9(13)6-8)20-12(14,15)16/h2-6H,7H2,1H3,(H,17,18). The maximum atomic E-state index is 12.1. The van der Waals surface area contributed by atoms with Crippen LogP contribution in [0, 0.1) is 0 Å². The van der Waals surface area contributed by atoms with Gasteiger partial charge in [-0.1, -0.05) is 6.07 Å². The van der Waals surface area contributed by atoms with Crippen LogP contribution in [-0.4, -0.2) is 16.1 Å². The van der Waals surface area contributed by atoms with Gasteiger partial charge in [0.25, 0.3) is 0 Å². The van der Waals surface area contributed by atoms with E-state index in [9.17, 15) is 13.2 Å². The summed E-state index contributed by atoms with van der Waals surface area (Å²) in [4.78, 5) is 0. The van der Waals surface area contributed by atoms with Crippen molar-refractivity contribution in [3.63, 3.8) is 0 Å². The van der Waals surface area contributed by atoms with Crippen molar-refractivity contribution in [2.45, 2.75) is 12.9 Å². The van der Waals surface area contributed by atoms with Gasteiger partial charge in [-0.15, -0.1) is 13.2 Å². The van der Waals surface area contributed by atoms with E-state index >= 15 is 0 Å². The minimum absolute atomic E-state index is 0.246. The summed E-state index contributed by atoms with van der Waals surface area (Å²) in [6.45, 7) is 0.446. The summed E-state index contributed by atoms with van der Waals surface area (Å²) >= 11 is 3.06. The zero-order chi connectivity index (χ0) is 14.8. The van der Waals surface area contributed by atoms with Crippen LogP contribution in [0.25, 0.3) is 0 Å². The van der Waals surface area contributed by atoms with E-state index in [0.717, 1.165) is 5.56 Å². The molecule has 0 amide bonds. The number of aromatic nitrogens is 2. The zero-order valence-electron chi connectivity index (χ0n) is 10.4. The van der Waals surface area contributed by atoms with E-state index in [1.165, 1.54) is 6.07 Å². The molecule has 20 heavy (non-hydrogen) atoms. The fourth-order valence-electron chi connectivity index (χ4n) is 1.56. The summed E-state index contributed by atoms with van der Waals surface area (Å²) in [6, 6.07) is 6.20. The number of alkyl halides is 3. The van der Waals surface area contributed by atoms with Gasteiger partial charge in [0.2, 0.25) is 0 Å². The number of hydrogen-bond donors (Lipinski definition) is 1. The number of halogens is 4. The van der Waals surface area contributed by atoms with Crippen LogP contribution in [0.2, 0.25) is 0 Å². The Labute approximate surface area is 121 Å². The lowest BCUT2D eigenvalue weighted by Gasteiger charge is -2.11. The van der Waals surface area contributed by atoms with Gasteiger partial charge >= 0.3 is 6.36 Å². The Morgan fingerprint density at radius 3 is 2.65 bits per heavy atom. The van der Waals surface area contributed by atoms with E-state index in [4.69, 9.17) is 0 Å². The van der Waals surface area contributed by atoms with Crippen molar-refractivity contribution in [2.24, 2.45) is 7.05 Å². The lowest BCUT2D eigenvalue weighted by Crippen LogP contribution is -2.17. The van der Waals surface area contributed by atoms with E-state index in [1.807, 2.05) is 0 Å². The fourth-order valence-corrected chi connectivity index (χ4v) is 2.07. The Bertz CT molecular complexity index is 598. The van der Waals surface area contributed by atoms with E-state index < -0.39 is 6.36 Å². The largest absolute Gasteiger partial charge is 0.573 e. The molecule has 0 bridgehead atoms. The number of rotatable bonds is 4. The molecule has 1 heterocycles. The van der Waals surface area contributed by atoms with Crippen LogP contribution in [-0.2, 0) is 13.6 Å². The second-order valence-corrected chi connectivity index (χ2v) is 4.90. The first kappa shape index (κ1) is 14.7. The Morgan fingerprint density at radius 2 is 2.10 bits per heavy atom. The van der Waals surface area contributed by atoms with Crippen LogP contribution in [0.15, 0.2) is 34.9 Å². The molecule has 108 valence electrons. The maximum Gasteiger partial charge on any atom is 0.573 e. The molecule has 4 nitrogen and oxygen atoms in total. The molecular formula is C12H11BrF3N3O. The number of ether oxygens (including phenoxy) is 1. The van der Waals surface area contributed by atoms with E-state index in [1.54, 1.807) is 36.1 Å². The summed E-state index contributed by atoms with van der Waals surface area (Å²) < 4.78 is 42.2. The summed E-state index contributed by atoms with van der Waals surface area (Å²) in [6.07, 6.45) is -2.91. The van der Waals surface area contributed by atoms with Crippen molar-refractivity contribution < 1.29 is 17.9 Å². The molecule has 2 aromatic rings. The molecule has 0 atom stereocenters. The zero-order valence-corrected chi connectivity index (χ0v) is 12.0. The molecule has 0 aliphatic heterocycles. The first-order valence-electron chi connectivity index (χ1n) is 5.61. The van der Waals surface area contributed by atoms with Crippen LogP contribution in [0.1, 0.15) is 5.56 Å². The van der Waals surface area contributed by atoms with Gasteiger partial charge < -0.3 is 10.1 Å². The molecule has 0 radical (unpaired) electrons. The van der Waals surface area contributed by atoms with Crippen LogP contribution in [0.3, 0.4) is 0 Å². The van der Waals surface area contributed by atoms with Gasteiger partial charge in [0.05, 0.1) is 4.47 Å². The summed E-state index contributed by atoms with van der Waals surface area (Å²) in [5.41, 5.74) is 0.803. The summed E-state index contributed by atoms with van der Waals surface area (Å²) in [5, 5.41) is 7.20. The molecule has 0 aliphatic rings. The van der Waals surface area contributed by atoms with Gasteiger partial charge in [-0.2, -0.15) is 5.10 Å². The highest BCUT2D eigenvalue weighted by molar-refractivity contribution is 9.10. The Balaban J connectivity index is 2.01. The molecule has 0 unspecified atom stereocenters. The van der Waals surface area contributed by atoms with E-state index in [-0.39, 0.29) is 10.2 Å². The molecule has 0 aliphatic carbocycles. The minimum atomic E-state index is -4.70. The molecule has 0 saturated carbocycles. The number of nitrogens with zero attached hydrogens (tertiary/aromatic N) is 2.